The zero-order valence-electron chi connectivity index (χ0n) is 7.32. The Hall–Kier alpha value is -1.28. The lowest BCUT2D eigenvalue weighted by molar-refractivity contribution is 1.00. The second-order valence-electron chi connectivity index (χ2n) is 2.28. The van der Waals surface area contributed by atoms with Crippen molar-refractivity contribution in [3.05, 3.63) is 12.4 Å². The Morgan fingerprint density at radius 3 is 2.77 bits per heavy atom. The molecule has 1 N–H and O–H groups in total. The van der Waals surface area contributed by atoms with E-state index in [1.54, 1.807) is 24.2 Å². The van der Waals surface area contributed by atoms with Crippen LogP contribution in [0.4, 0.5) is 5.95 Å². The second kappa shape index (κ2) is 5.38. The van der Waals surface area contributed by atoms with E-state index < -0.39 is 0 Å². The molecule has 0 atom stereocenters. The quantitative estimate of drug-likeness (QED) is 0.581. The third-order valence-electron chi connectivity index (χ3n) is 1.38. The summed E-state index contributed by atoms with van der Waals surface area (Å²) in [6.07, 6.45) is 5.95. The van der Waals surface area contributed by atoms with Gasteiger partial charge < -0.3 is 5.32 Å². The highest BCUT2D eigenvalue weighted by Crippen LogP contribution is 2.11. The lowest BCUT2D eigenvalue weighted by Crippen LogP contribution is -2.03. The van der Waals surface area contributed by atoms with Gasteiger partial charge in [0.2, 0.25) is 5.95 Å². The van der Waals surface area contributed by atoms with E-state index in [-0.39, 0.29) is 0 Å². The summed E-state index contributed by atoms with van der Waals surface area (Å²) in [6, 6.07) is 2.04. The molecule has 4 nitrogen and oxygen atoms in total. The van der Waals surface area contributed by atoms with Gasteiger partial charge in [-0.2, -0.15) is 5.26 Å². The Bertz CT molecular complexity index is 290. The highest BCUT2D eigenvalue weighted by molar-refractivity contribution is 7.98. The SMILES string of the molecule is CSc1cnc(NCCC#N)nc1. The number of aromatic nitrogens is 2. The molecule has 1 rings (SSSR count). The Kier molecular flexibility index (Phi) is 4.06. The predicted octanol–water partition coefficient (Wildman–Crippen LogP) is 1.52. The lowest BCUT2D eigenvalue weighted by Gasteiger charge is -2.01. The molecule has 0 spiro atoms. The number of thioether (sulfide) groups is 1. The van der Waals surface area contributed by atoms with Crippen molar-refractivity contribution in [3.8, 4) is 6.07 Å². The topological polar surface area (TPSA) is 61.6 Å². The smallest absolute Gasteiger partial charge is 0.222 e. The zero-order valence-corrected chi connectivity index (χ0v) is 8.14. The molecule has 0 bridgehead atoms. The summed E-state index contributed by atoms with van der Waals surface area (Å²) in [5.74, 6) is 0.577. The number of hydrogen-bond acceptors (Lipinski definition) is 5. The van der Waals surface area contributed by atoms with E-state index in [1.165, 1.54) is 0 Å². The van der Waals surface area contributed by atoms with Crippen LogP contribution in [0.2, 0.25) is 0 Å². The average Bonchev–Trinajstić information content (AvgIpc) is 2.19. The molecule has 68 valence electrons. The fourth-order valence-corrected chi connectivity index (χ4v) is 1.06. The van der Waals surface area contributed by atoms with Crippen LogP contribution in [0, 0.1) is 11.3 Å². The molecule has 0 aliphatic heterocycles. The Labute approximate surface area is 81.4 Å². The van der Waals surface area contributed by atoms with Gasteiger partial charge in [0, 0.05) is 23.8 Å². The summed E-state index contributed by atoms with van der Waals surface area (Å²) in [6.45, 7) is 0.592. The number of nitrogens with zero attached hydrogens (tertiary/aromatic N) is 3. The van der Waals surface area contributed by atoms with Crippen LogP contribution in [0.25, 0.3) is 0 Å². The summed E-state index contributed by atoms with van der Waals surface area (Å²) in [5.41, 5.74) is 0. The van der Waals surface area contributed by atoms with Crippen molar-refractivity contribution in [2.45, 2.75) is 11.3 Å². The average molecular weight is 194 g/mol. The minimum Gasteiger partial charge on any atom is -0.353 e. The van der Waals surface area contributed by atoms with Gasteiger partial charge in [0.25, 0.3) is 0 Å². The van der Waals surface area contributed by atoms with Gasteiger partial charge >= 0.3 is 0 Å². The van der Waals surface area contributed by atoms with Gasteiger partial charge in [0.05, 0.1) is 12.5 Å². The van der Waals surface area contributed by atoms with E-state index in [0.29, 0.717) is 18.9 Å². The lowest BCUT2D eigenvalue weighted by atomic mass is 10.5. The van der Waals surface area contributed by atoms with Crippen molar-refractivity contribution < 1.29 is 0 Å². The van der Waals surface area contributed by atoms with Crippen molar-refractivity contribution >= 4 is 17.7 Å². The first-order valence-electron chi connectivity index (χ1n) is 3.83. The molecule has 13 heavy (non-hydrogen) atoms. The summed E-state index contributed by atoms with van der Waals surface area (Å²) in [4.78, 5) is 9.17. The van der Waals surface area contributed by atoms with Crippen molar-refractivity contribution in [1.82, 2.24) is 9.97 Å². The molecule has 5 heteroatoms. The van der Waals surface area contributed by atoms with Crippen LogP contribution >= 0.6 is 11.8 Å². The van der Waals surface area contributed by atoms with Crippen LogP contribution in [0.3, 0.4) is 0 Å². The molecule has 0 saturated carbocycles. The zero-order chi connectivity index (χ0) is 9.52. The standard InChI is InChI=1S/C8H10N4S/c1-13-7-5-11-8(12-6-7)10-4-2-3-9/h5-6H,2,4H2,1H3,(H,10,11,12). The van der Waals surface area contributed by atoms with E-state index in [2.05, 4.69) is 15.3 Å². The van der Waals surface area contributed by atoms with Crippen LogP contribution in [0.1, 0.15) is 6.42 Å². The number of rotatable bonds is 4. The second-order valence-corrected chi connectivity index (χ2v) is 3.16. The van der Waals surface area contributed by atoms with Crippen LogP contribution < -0.4 is 5.32 Å². The molecular formula is C8H10N4S. The van der Waals surface area contributed by atoms with Crippen LogP contribution in [-0.2, 0) is 0 Å². The first kappa shape index (κ1) is 9.81. The minimum atomic E-state index is 0.466. The van der Waals surface area contributed by atoms with Crippen molar-refractivity contribution in [2.24, 2.45) is 0 Å². The van der Waals surface area contributed by atoms with Crippen LogP contribution in [0.5, 0.6) is 0 Å². The third kappa shape index (κ3) is 3.30. The van der Waals surface area contributed by atoms with Crippen LogP contribution in [0.15, 0.2) is 17.3 Å². The number of nitriles is 1. The van der Waals surface area contributed by atoms with Crippen molar-refractivity contribution in [2.75, 3.05) is 18.1 Å². The Morgan fingerprint density at radius 1 is 1.54 bits per heavy atom. The van der Waals surface area contributed by atoms with Gasteiger partial charge in [-0.1, -0.05) is 0 Å². The number of hydrogen-bond donors (Lipinski definition) is 1. The fourth-order valence-electron chi connectivity index (χ4n) is 0.743. The van der Waals surface area contributed by atoms with Gasteiger partial charge in [-0.05, 0) is 6.26 Å². The maximum absolute atomic E-state index is 8.29. The summed E-state index contributed by atoms with van der Waals surface area (Å²) >= 11 is 1.60. The Balaban J connectivity index is 2.45. The van der Waals surface area contributed by atoms with E-state index in [9.17, 15) is 0 Å². The van der Waals surface area contributed by atoms with Crippen LogP contribution in [-0.4, -0.2) is 22.8 Å². The largest absolute Gasteiger partial charge is 0.353 e. The maximum atomic E-state index is 8.29. The molecule has 0 aromatic carbocycles. The fraction of sp³-hybridized carbons (Fsp3) is 0.375. The summed E-state index contributed by atoms with van der Waals surface area (Å²) in [7, 11) is 0. The molecule has 0 aliphatic rings. The molecule has 0 saturated heterocycles. The highest BCUT2D eigenvalue weighted by atomic mass is 32.2. The predicted molar refractivity (Wildman–Crippen MR) is 52.5 cm³/mol. The first-order chi connectivity index (χ1) is 6.36. The highest BCUT2D eigenvalue weighted by Gasteiger charge is 1.94. The summed E-state index contributed by atoms with van der Waals surface area (Å²) < 4.78 is 0. The van der Waals surface area contributed by atoms with Gasteiger partial charge in [0.1, 0.15) is 0 Å². The minimum absolute atomic E-state index is 0.466. The van der Waals surface area contributed by atoms with E-state index >= 15 is 0 Å². The van der Waals surface area contributed by atoms with Gasteiger partial charge in [-0.15, -0.1) is 11.8 Å². The maximum Gasteiger partial charge on any atom is 0.222 e. The van der Waals surface area contributed by atoms with E-state index in [0.717, 1.165) is 4.90 Å². The molecule has 0 aliphatic carbocycles. The molecule has 1 heterocycles. The molecule has 0 unspecified atom stereocenters. The Morgan fingerprint density at radius 2 is 2.23 bits per heavy atom. The molecular weight excluding hydrogens is 184 g/mol. The van der Waals surface area contributed by atoms with Crippen molar-refractivity contribution in [1.29, 1.82) is 5.26 Å². The van der Waals surface area contributed by atoms with Gasteiger partial charge in [-0.25, -0.2) is 9.97 Å². The molecule has 1 aromatic rings. The molecule has 1 aromatic heterocycles. The molecule has 0 fully saturated rings. The van der Waals surface area contributed by atoms with E-state index in [4.69, 9.17) is 5.26 Å². The van der Waals surface area contributed by atoms with Crippen molar-refractivity contribution in [3.63, 3.8) is 0 Å². The van der Waals surface area contributed by atoms with E-state index in [1.807, 2.05) is 12.3 Å². The van der Waals surface area contributed by atoms with Gasteiger partial charge in [-0.3, -0.25) is 0 Å². The molecule has 0 amide bonds. The number of nitrogens with one attached hydrogen (secondary N) is 1. The van der Waals surface area contributed by atoms with Gasteiger partial charge in [0.15, 0.2) is 0 Å². The first-order valence-corrected chi connectivity index (χ1v) is 5.06. The monoisotopic (exact) mass is 194 g/mol. The normalized spacial score (nSPS) is 9.23. The summed E-state index contributed by atoms with van der Waals surface area (Å²) in [5, 5.41) is 11.2. The third-order valence-corrected chi connectivity index (χ3v) is 2.07. The molecule has 0 radical (unpaired) electrons. The number of anilines is 1.